The van der Waals surface area contributed by atoms with Crippen molar-refractivity contribution in [3.8, 4) is 0 Å². The third kappa shape index (κ3) is 3.18. The van der Waals surface area contributed by atoms with Gasteiger partial charge in [-0.05, 0) is 52.8 Å². The summed E-state index contributed by atoms with van der Waals surface area (Å²) in [6.07, 6.45) is 0.964. The predicted molar refractivity (Wildman–Crippen MR) is 106 cm³/mol. The number of carbonyl (C=O) groups excluding carboxylic acids is 1. The van der Waals surface area contributed by atoms with Crippen molar-refractivity contribution >= 4 is 45.3 Å². The lowest BCUT2D eigenvalue weighted by Crippen LogP contribution is -2.29. The van der Waals surface area contributed by atoms with Crippen molar-refractivity contribution in [1.29, 1.82) is 0 Å². The average Bonchev–Trinajstić information content (AvgIpc) is 3.12. The van der Waals surface area contributed by atoms with E-state index < -0.39 is 0 Å². The molecule has 1 atom stereocenters. The highest BCUT2D eigenvalue weighted by atomic mass is 127. The standard InChI is InChI=1S/C19H17IN4O/c20-14-6-7-16-15(10-14)17(23-19(21)22-16)18(25)24-9-8-13(11-24)12-4-2-1-3-5-12/h1-7,10,13H,8-9,11H2,(H2,21,22,23). The molecule has 1 unspecified atom stereocenters. The first-order valence-corrected chi connectivity index (χ1v) is 9.26. The highest BCUT2D eigenvalue weighted by Gasteiger charge is 2.29. The summed E-state index contributed by atoms with van der Waals surface area (Å²) in [6, 6.07) is 16.1. The third-order valence-electron chi connectivity index (χ3n) is 4.62. The molecule has 0 saturated carbocycles. The number of carbonyl (C=O) groups is 1. The number of likely N-dealkylation sites (tertiary alicyclic amines) is 1. The minimum atomic E-state index is -0.0699. The molecular formula is C19H17IN4O. The van der Waals surface area contributed by atoms with Crippen LogP contribution in [0.4, 0.5) is 5.95 Å². The SMILES string of the molecule is Nc1nc(C(=O)N2CCC(c3ccccc3)C2)c2cc(I)ccc2n1. The minimum absolute atomic E-state index is 0.0699. The van der Waals surface area contributed by atoms with E-state index in [9.17, 15) is 4.79 Å². The molecule has 4 rings (SSSR count). The number of nitrogen functional groups attached to an aromatic ring is 1. The third-order valence-corrected chi connectivity index (χ3v) is 5.30. The first-order valence-electron chi connectivity index (χ1n) is 8.19. The highest BCUT2D eigenvalue weighted by molar-refractivity contribution is 14.1. The normalized spacial score (nSPS) is 17.2. The number of hydrogen-bond donors (Lipinski definition) is 1. The van der Waals surface area contributed by atoms with Gasteiger partial charge in [-0.2, -0.15) is 0 Å². The summed E-state index contributed by atoms with van der Waals surface area (Å²) < 4.78 is 1.04. The Kier molecular flexibility index (Phi) is 4.29. The molecule has 5 nitrogen and oxygen atoms in total. The number of hydrogen-bond acceptors (Lipinski definition) is 4. The molecule has 2 N–H and O–H groups in total. The summed E-state index contributed by atoms with van der Waals surface area (Å²) in [5.41, 5.74) is 8.20. The molecule has 0 aliphatic carbocycles. The van der Waals surface area contributed by atoms with Gasteiger partial charge in [0.2, 0.25) is 5.95 Å². The molecule has 3 aromatic rings. The van der Waals surface area contributed by atoms with Gasteiger partial charge in [0.05, 0.1) is 5.52 Å². The van der Waals surface area contributed by atoms with Gasteiger partial charge in [-0.1, -0.05) is 30.3 Å². The topological polar surface area (TPSA) is 72.1 Å². The van der Waals surface area contributed by atoms with Gasteiger partial charge in [0, 0.05) is 28.0 Å². The number of anilines is 1. The van der Waals surface area contributed by atoms with Crippen molar-refractivity contribution in [3.63, 3.8) is 0 Å². The number of aromatic nitrogens is 2. The fourth-order valence-electron chi connectivity index (χ4n) is 3.37. The summed E-state index contributed by atoms with van der Waals surface area (Å²) in [5, 5.41) is 0.759. The number of rotatable bonds is 2. The molecule has 1 fully saturated rings. The molecule has 1 aromatic heterocycles. The maximum atomic E-state index is 13.1. The van der Waals surface area contributed by atoms with E-state index in [4.69, 9.17) is 5.73 Å². The summed E-state index contributed by atoms with van der Waals surface area (Å²) in [5.74, 6) is 0.436. The molecule has 0 radical (unpaired) electrons. The molecule has 1 aliphatic rings. The Morgan fingerprint density at radius 2 is 1.96 bits per heavy atom. The Morgan fingerprint density at radius 1 is 1.16 bits per heavy atom. The van der Waals surface area contributed by atoms with E-state index in [1.807, 2.05) is 41.3 Å². The van der Waals surface area contributed by atoms with Crippen molar-refractivity contribution in [3.05, 3.63) is 63.4 Å². The number of halogens is 1. The van der Waals surface area contributed by atoms with Crippen LogP contribution in [0.3, 0.4) is 0 Å². The van der Waals surface area contributed by atoms with E-state index in [1.54, 1.807) is 0 Å². The van der Waals surface area contributed by atoms with Crippen LogP contribution >= 0.6 is 22.6 Å². The summed E-state index contributed by atoms with van der Waals surface area (Å²) in [6.45, 7) is 1.44. The maximum Gasteiger partial charge on any atom is 0.273 e. The fraction of sp³-hybridized carbons (Fsp3) is 0.211. The molecule has 0 spiro atoms. The maximum absolute atomic E-state index is 13.1. The lowest BCUT2D eigenvalue weighted by Gasteiger charge is -2.17. The Labute approximate surface area is 159 Å². The molecule has 1 amide bonds. The number of benzene rings is 2. The zero-order valence-electron chi connectivity index (χ0n) is 13.5. The van der Waals surface area contributed by atoms with Crippen molar-refractivity contribution in [2.24, 2.45) is 0 Å². The van der Waals surface area contributed by atoms with Gasteiger partial charge >= 0.3 is 0 Å². The second-order valence-corrected chi connectivity index (χ2v) is 7.48. The van der Waals surface area contributed by atoms with E-state index in [1.165, 1.54) is 5.56 Å². The van der Waals surface area contributed by atoms with Gasteiger partial charge in [-0.3, -0.25) is 4.79 Å². The van der Waals surface area contributed by atoms with Crippen LogP contribution in [0.1, 0.15) is 28.4 Å². The van der Waals surface area contributed by atoms with E-state index in [2.05, 4.69) is 44.7 Å². The Bertz CT molecular complexity index is 945. The molecule has 0 bridgehead atoms. The Balaban J connectivity index is 1.66. The van der Waals surface area contributed by atoms with E-state index >= 15 is 0 Å². The molecule has 2 heterocycles. The van der Waals surface area contributed by atoms with Crippen LogP contribution in [-0.2, 0) is 0 Å². The first kappa shape index (κ1) is 16.3. The van der Waals surface area contributed by atoms with Gasteiger partial charge < -0.3 is 10.6 Å². The van der Waals surface area contributed by atoms with Gasteiger partial charge in [-0.15, -0.1) is 0 Å². The van der Waals surface area contributed by atoms with Crippen LogP contribution in [0, 0.1) is 3.57 Å². The van der Waals surface area contributed by atoms with Crippen LogP contribution in [0.2, 0.25) is 0 Å². The second-order valence-electron chi connectivity index (χ2n) is 6.24. The van der Waals surface area contributed by atoms with E-state index in [0.29, 0.717) is 23.7 Å². The zero-order chi connectivity index (χ0) is 17.4. The molecule has 6 heteroatoms. The number of nitrogens with two attached hydrogens (primary N) is 1. The van der Waals surface area contributed by atoms with Crippen LogP contribution < -0.4 is 5.73 Å². The lowest BCUT2D eigenvalue weighted by atomic mass is 9.99. The second kappa shape index (κ2) is 6.59. The van der Waals surface area contributed by atoms with Gasteiger partial charge in [0.25, 0.3) is 5.91 Å². The quantitative estimate of drug-likeness (QED) is 0.615. The minimum Gasteiger partial charge on any atom is -0.368 e. The molecular weight excluding hydrogens is 427 g/mol. The first-order chi connectivity index (χ1) is 12.1. The van der Waals surface area contributed by atoms with Gasteiger partial charge in [0.15, 0.2) is 0 Å². The smallest absolute Gasteiger partial charge is 0.273 e. The van der Waals surface area contributed by atoms with E-state index in [0.717, 1.165) is 21.9 Å². The molecule has 1 saturated heterocycles. The van der Waals surface area contributed by atoms with Crippen LogP contribution in [0.15, 0.2) is 48.5 Å². The number of nitrogens with zero attached hydrogens (tertiary/aromatic N) is 3. The van der Waals surface area contributed by atoms with Crippen molar-refractivity contribution in [1.82, 2.24) is 14.9 Å². The monoisotopic (exact) mass is 444 g/mol. The van der Waals surface area contributed by atoms with E-state index in [-0.39, 0.29) is 11.9 Å². The lowest BCUT2D eigenvalue weighted by molar-refractivity contribution is 0.0787. The summed E-state index contributed by atoms with van der Waals surface area (Å²) in [4.78, 5) is 23.5. The van der Waals surface area contributed by atoms with Crippen molar-refractivity contribution < 1.29 is 4.79 Å². The average molecular weight is 444 g/mol. The molecule has 25 heavy (non-hydrogen) atoms. The van der Waals surface area contributed by atoms with Crippen molar-refractivity contribution in [2.45, 2.75) is 12.3 Å². The highest BCUT2D eigenvalue weighted by Crippen LogP contribution is 2.29. The molecule has 126 valence electrons. The van der Waals surface area contributed by atoms with Crippen LogP contribution in [0.25, 0.3) is 10.9 Å². The predicted octanol–water partition coefficient (Wildman–Crippen LogP) is 3.45. The number of amides is 1. The van der Waals surface area contributed by atoms with Crippen LogP contribution in [-0.4, -0.2) is 33.9 Å². The molecule has 2 aromatic carbocycles. The Hall–Kier alpha value is -2.22. The van der Waals surface area contributed by atoms with Gasteiger partial charge in [0.1, 0.15) is 5.69 Å². The van der Waals surface area contributed by atoms with Gasteiger partial charge in [-0.25, -0.2) is 9.97 Å². The largest absolute Gasteiger partial charge is 0.368 e. The van der Waals surface area contributed by atoms with Crippen molar-refractivity contribution in [2.75, 3.05) is 18.8 Å². The summed E-state index contributed by atoms with van der Waals surface area (Å²) >= 11 is 2.22. The number of fused-ring (bicyclic) bond motifs is 1. The molecule has 1 aliphatic heterocycles. The van der Waals surface area contributed by atoms with Crippen LogP contribution in [0.5, 0.6) is 0 Å². The summed E-state index contributed by atoms with van der Waals surface area (Å²) in [7, 11) is 0. The fourth-order valence-corrected chi connectivity index (χ4v) is 3.86. The zero-order valence-corrected chi connectivity index (χ0v) is 15.7. The Morgan fingerprint density at radius 3 is 2.76 bits per heavy atom.